The summed E-state index contributed by atoms with van der Waals surface area (Å²) < 4.78 is 17.1. The molecule has 0 radical (unpaired) electrons. The fraction of sp³-hybridized carbons (Fsp3) is 0.115. The van der Waals surface area contributed by atoms with Crippen molar-refractivity contribution >= 4 is 11.9 Å². The molecule has 0 amide bonds. The van der Waals surface area contributed by atoms with Gasteiger partial charge >= 0.3 is 0 Å². The third-order valence-corrected chi connectivity index (χ3v) is 5.48. The lowest BCUT2D eigenvalue weighted by Gasteiger charge is -2.01. The van der Waals surface area contributed by atoms with E-state index in [-0.39, 0.29) is 12.4 Å². The van der Waals surface area contributed by atoms with Crippen LogP contribution in [0.2, 0.25) is 0 Å². The Morgan fingerprint density at radius 2 is 1.91 bits per heavy atom. The van der Waals surface area contributed by atoms with Crippen LogP contribution in [0.25, 0.3) is 16.9 Å². The van der Waals surface area contributed by atoms with Gasteiger partial charge < -0.3 is 4.84 Å². The van der Waals surface area contributed by atoms with Gasteiger partial charge in [0.15, 0.2) is 6.61 Å². The first-order chi connectivity index (χ1) is 17.1. The quantitative estimate of drug-likeness (QED) is 0.260. The molecular formula is C26H20FN7O. The summed E-state index contributed by atoms with van der Waals surface area (Å²) in [5, 5.41) is 21.3. The van der Waals surface area contributed by atoms with Crippen molar-refractivity contribution in [2.24, 2.45) is 5.16 Å². The van der Waals surface area contributed by atoms with Crippen LogP contribution >= 0.6 is 0 Å². The van der Waals surface area contributed by atoms with E-state index >= 15 is 0 Å². The molecule has 0 fully saturated rings. The van der Waals surface area contributed by atoms with E-state index in [1.165, 1.54) is 12.1 Å². The summed E-state index contributed by atoms with van der Waals surface area (Å²) in [7, 11) is 0. The summed E-state index contributed by atoms with van der Waals surface area (Å²) in [6.45, 7) is 2.66. The summed E-state index contributed by atoms with van der Waals surface area (Å²) in [5.74, 6) is -0.306. The van der Waals surface area contributed by atoms with E-state index in [1.807, 2.05) is 41.8 Å². The third-order valence-electron chi connectivity index (χ3n) is 5.48. The summed E-state index contributed by atoms with van der Waals surface area (Å²) in [6.07, 6.45) is 5.28. The molecule has 9 heteroatoms. The third kappa shape index (κ3) is 4.77. The van der Waals surface area contributed by atoms with Crippen LogP contribution in [0, 0.1) is 24.1 Å². The van der Waals surface area contributed by atoms with Gasteiger partial charge in [0.25, 0.3) is 0 Å². The maximum Gasteiger partial charge on any atom is 0.162 e. The molecule has 0 aliphatic carbocycles. The minimum atomic E-state index is -0.306. The summed E-state index contributed by atoms with van der Waals surface area (Å²) in [4.78, 5) is 10.2. The van der Waals surface area contributed by atoms with Crippen LogP contribution in [0.5, 0.6) is 0 Å². The Hall–Kier alpha value is -4.84. The SMILES string of the molecule is Cc1cccn2c(/C=N/OCc3cn(Cc4ccc(C#N)cc4)nn3)c(-c3ccc(F)cc3)nc12. The fourth-order valence-corrected chi connectivity index (χ4v) is 3.71. The Bertz CT molecular complexity index is 1540. The number of benzene rings is 2. The zero-order chi connectivity index (χ0) is 24.2. The van der Waals surface area contributed by atoms with Crippen molar-refractivity contribution < 1.29 is 9.23 Å². The fourth-order valence-electron chi connectivity index (χ4n) is 3.71. The van der Waals surface area contributed by atoms with Crippen LogP contribution in [0.15, 0.2) is 78.2 Å². The van der Waals surface area contributed by atoms with Gasteiger partial charge in [0.2, 0.25) is 0 Å². The first-order valence-electron chi connectivity index (χ1n) is 10.9. The Kier molecular flexibility index (Phi) is 6.01. The molecule has 0 spiro atoms. The average molecular weight is 465 g/mol. The van der Waals surface area contributed by atoms with Crippen LogP contribution < -0.4 is 0 Å². The van der Waals surface area contributed by atoms with Crippen molar-refractivity contribution in [3.05, 3.63) is 107 Å². The van der Waals surface area contributed by atoms with Crippen LogP contribution in [-0.4, -0.2) is 30.6 Å². The van der Waals surface area contributed by atoms with Crippen LogP contribution in [0.1, 0.15) is 28.1 Å². The minimum absolute atomic E-state index is 0.144. The number of aromatic nitrogens is 5. The van der Waals surface area contributed by atoms with E-state index < -0.39 is 0 Å². The van der Waals surface area contributed by atoms with Crippen molar-refractivity contribution in [3.63, 3.8) is 0 Å². The number of nitriles is 1. The molecule has 0 aliphatic rings. The topological polar surface area (TPSA) is 93.4 Å². The number of hydrogen-bond donors (Lipinski definition) is 0. The van der Waals surface area contributed by atoms with Gasteiger partial charge in [-0.3, -0.25) is 4.40 Å². The number of hydrogen-bond acceptors (Lipinski definition) is 6. The number of fused-ring (bicyclic) bond motifs is 1. The molecule has 2 aromatic carbocycles. The number of nitrogens with zero attached hydrogens (tertiary/aromatic N) is 7. The molecule has 0 bridgehead atoms. The molecule has 0 unspecified atom stereocenters. The lowest BCUT2D eigenvalue weighted by molar-refractivity contribution is 0.129. The molecule has 35 heavy (non-hydrogen) atoms. The van der Waals surface area contributed by atoms with Gasteiger partial charge in [-0.25, -0.2) is 14.1 Å². The first kappa shape index (κ1) is 22.0. The Morgan fingerprint density at radius 1 is 1.11 bits per heavy atom. The van der Waals surface area contributed by atoms with Crippen molar-refractivity contribution in [1.29, 1.82) is 5.26 Å². The number of aryl methyl sites for hydroxylation is 1. The van der Waals surface area contributed by atoms with Gasteiger partial charge in [-0.1, -0.05) is 28.6 Å². The van der Waals surface area contributed by atoms with Gasteiger partial charge in [0, 0.05) is 11.8 Å². The number of oxime groups is 1. The molecule has 0 atom stereocenters. The first-order valence-corrected chi connectivity index (χ1v) is 10.9. The van der Waals surface area contributed by atoms with Gasteiger partial charge in [-0.05, 0) is 60.5 Å². The second-order valence-corrected chi connectivity index (χ2v) is 7.96. The smallest absolute Gasteiger partial charge is 0.162 e. The highest BCUT2D eigenvalue weighted by atomic mass is 19.1. The lowest BCUT2D eigenvalue weighted by atomic mass is 10.1. The highest BCUT2D eigenvalue weighted by molar-refractivity contribution is 5.89. The molecule has 5 aromatic rings. The van der Waals surface area contributed by atoms with E-state index in [1.54, 1.807) is 41.4 Å². The van der Waals surface area contributed by atoms with Crippen molar-refractivity contribution in [1.82, 2.24) is 24.4 Å². The molecule has 0 N–H and O–H groups in total. The molecule has 8 nitrogen and oxygen atoms in total. The number of rotatable bonds is 7. The lowest BCUT2D eigenvalue weighted by Crippen LogP contribution is -2.00. The summed E-state index contributed by atoms with van der Waals surface area (Å²) in [6, 6.07) is 19.5. The largest absolute Gasteiger partial charge is 0.389 e. The Labute approximate surface area is 200 Å². The number of imidazole rings is 1. The predicted octanol–water partition coefficient (Wildman–Crippen LogP) is 4.51. The normalized spacial score (nSPS) is 11.2. The predicted molar refractivity (Wildman–Crippen MR) is 128 cm³/mol. The molecule has 0 saturated carbocycles. The molecule has 3 aromatic heterocycles. The van der Waals surface area contributed by atoms with Gasteiger partial charge in [0.1, 0.15) is 17.2 Å². The zero-order valence-corrected chi connectivity index (χ0v) is 18.8. The Balaban J connectivity index is 1.31. The average Bonchev–Trinajstić information content (AvgIpc) is 3.48. The highest BCUT2D eigenvalue weighted by Gasteiger charge is 2.14. The van der Waals surface area contributed by atoms with Crippen molar-refractivity contribution in [3.8, 4) is 17.3 Å². The van der Waals surface area contributed by atoms with Gasteiger partial charge in [-0.2, -0.15) is 5.26 Å². The molecule has 0 saturated heterocycles. The molecule has 3 heterocycles. The second-order valence-electron chi connectivity index (χ2n) is 7.96. The van der Waals surface area contributed by atoms with E-state index in [2.05, 4.69) is 21.5 Å². The molecule has 5 rings (SSSR count). The summed E-state index contributed by atoms with van der Waals surface area (Å²) >= 11 is 0. The molecule has 172 valence electrons. The van der Waals surface area contributed by atoms with E-state index in [4.69, 9.17) is 15.1 Å². The maximum atomic E-state index is 13.4. The van der Waals surface area contributed by atoms with Crippen LogP contribution in [0.3, 0.4) is 0 Å². The summed E-state index contributed by atoms with van der Waals surface area (Å²) in [5.41, 5.74) is 6.23. The van der Waals surface area contributed by atoms with Crippen molar-refractivity contribution in [2.75, 3.05) is 0 Å². The zero-order valence-electron chi connectivity index (χ0n) is 18.8. The van der Waals surface area contributed by atoms with Crippen LogP contribution in [-0.2, 0) is 18.0 Å². The highest BCUT2D eigenvalue weighted by Crippen LogP contribution is 2.25. The van der Waals surface area contributed by atoms with E-state index in [0.29, 0.717) is 23.5 Å². The number of pyridine rings is 1. The maximum absolute atomic E-state index is 13.4. The van der Waals surface area contributed by atoms with Crippen LogP contribution in [0.4, 0.5) is 4.39 Å². The van der Waals surface area contributed by atoms with Gasteiger partial charge in [0.05, 0.1) is 42.0 Å². The minimum Gasteiger partial charge on any atom is -0.389 e. The standard InChI is InChI=1S/C26H20FN7O/c1-18-3-2-12-34-24(25(30-26(18)34)21-8-10-22(27)11-9-21)14-29-35-17-23-16-33(32-31-23)15-20-6-4-19(13-28)5-7-20/h2-12,14,16H,15,17H2,1H3/b29-14+. The van der Waals surface area contributed by atoms with E-state index in [0.717, 1.165) is 28.0 Å². The molecule has 0 aliphatic heterocycles. The second kappa shape index (κ2) is 9.57. The van der Waals surface area contributed by atoms with Crippen molar-refractivity contribution in [2.45, 2.75) is 20.1 Å². The molecular weight excluding hydrogens is 445 g/mol. The van der Waals surface area contributed by atoms with Gasteiger partial charge in [-0.15, -0.1) is 5.10 Å². The van der Waals surface area contributed by atoms with E-state index in [9.17, 15) is 4.39 Å². The Morgan fingerprint density at radius 3 is 2.69 bits per heavy atom. The monoisotopic (exact) mass is 465 g/mol. The number of halogens is 1.